The topological polar surface area (TPSA) is 58.3 Å². The Hall–Kier alpha value is -2.19. The van der Waals surface area contributed by atoms with E-state index in [0.717, 1.165) is 40.6 Å². The zero-order valence-electron chi connectivity index (χ0n) is 15.8. The molecule has 4 nitrogen and oxygen atoms in total. The summed E-state index contributed by atoms with van der Waals surface area (Å²) < 4.78 is 18.0. The molecule has 1 aromatic heterocycles. The molecule has 2 aromatic carbocycles. The summed E-state index contributed by atoms with van der Waals surface area (Å²) >= 11 is -1.61. The summed E-state index contributed by atoms with van der Waals surface area (Å²) in [6, 6.07) is 13.4. The molecule has 1 fully saturated rings. The Morgan fingerprint density at radius 1 is 1.17 bits per heavy atom. The number of aromatic nitrogens is 2. The van der Waals surface area contributed by atoms with E-state index < -0.39 is 25.9 Å². The summed E-state index contributed by atoms with van der Waals surface area (Å²) in [6.45, 7) is 0. The Morgan fingerprint density at radius 3 is 2.79 bits per heavy atom. The van der Waals surface area contributed by atoms with Gasteiger partial charge < -0.3 is 0 Å². The van der Waals surface area contributed by atoms with Crippen LogP contribution in [-0.4, -0.2) is 23.9 Å². The number of aliphatic hydroxyl groups is 1. The molecule has 2 N–H and O–H groups in total. The van der Waals surface area contributed by atoms with Crippen LogP contribution in [0.25, 0.3) is 11.8 Å². The van der Waals surface area contributed by atoms with Crippen molar-refractivity contribution < 1.29 is 14.6 Å². The molecule has 150 valence electrons. The maximum absolute atomic E-state index is 13.3. The molecule has 5 rings (SSSR count). The molecule has 0 bridgehead atoms. The Kier molecular flexibility index (Phi) is 4.91. The molecule has 0 unspecified atom stereocenters. The van der Waals surface area contributed by atoms with Gasteiger partial charge in [-0.2, -0.15) is 0 Å². The zero-order chi connectivity index (χ0) is 20.0. The number of hydrogen-bond acceptors (Lipinski definition) is 3. The van der Waals surface area contributed by atoms with Crippen LogP contribution in [0.2, 0.25) is 0 Å². The van der Waals surface area contributed by atoms with E-state index in [9.17, 15) is 14.6 Å². The van der Waals surface area contributed by atoms with Crippen molar-refractivity contribution in [3.8, 4) is 11.4 Å². The van der Waals surface area contributed by atoms with Crippen LogP contribution in [0.5, 0.6) is 5.75 Å². The predicted molar refractivity (Wildman–Crippen MR) is 120 cm³/mol. The SMILES string of the molecule is Oc1cccc([C@H](O)[C@H]2CCCC3=Cc4c(cnn4-c4ccc(F)cc4)CI32)c1. The van der Waals surface area contributed by atoms with Crippen LogP contribution in [0.3, 0.4) is 0 Å². The Bertz CT molecular complexity index is 1080. The first-order chi connectivity index (χ1) is 14.1. The summed E-state index contributed by atoms with van der Waals surface area (Å²) in [5.74, 6) is -0.0546. The Labute approximate surface area is 176 Å². The zero-order valence-corrected chi connectivity index (χ0v) is 18.0. The third kappa shape index (κ3) is 3.48. The molecule has 2 aliphatic heterocycles. The standard InChI is InChI=1S/C23H22FIN2O2/c24-17-7-9-19(10-8-17)27-22-12-18-4-2-6-21(25(18)13-16(22)14-26-27)23(29)15-3-1-5-20(28)11-15/h1,3,5,7-12,14,21,23,28-29H,2,4,6,13H2/t21-,23+/m1/s1. The van der Waals surface area contributed by atoms with Crippen LogP contribution in [0.15, 0.2) is 58.3 Å². The monoisotopic (exact) mass is 504 g/mol. The average molecular weight is 504 g/mol. The van der Waals surface area contributed by atoms with Crippen LogP contribution in [0.1, 0.15) is 42.2 Å². The molecule has 0 spiro atoms. The number of rotatable bonds is 3. The van der Waals surface area contributed by atoms with Gasteiger partial charge in [-0.1, -0.05) is 0 Å². The van der Waals surface area contributed by atoms with Gasteiger partial charge in [-0.05, 0) is 0 Å². The molecule has 0 saturated carbocycles. The molecule has 29 heavy (non-hydrogen) atoms. The van der Waals surface area contributed by atoms with Crippen molar-refractivity contribution in [3.05, 3.63) is 80.9 Å². The van der Waals surface area contributed by atoms with Gasteiger partial charge in [-0.25, -0.2) is 0 Å². The van der Waals surface area contributed by atoms with E-state index in [2.05, 4.69) is 11.2 Å². The fourth-order valence-electron chi connectivity index (χ4n) is 4.19. The normalized spacial score (nSPS) is 20.6. The molecule has 0 amide bonds. The van der Waals surface area contributed by atoms with Gasteiger partial charge >= 0.3 is 176 Å². The molecule has 3 aromatic rings. The number of hydrogen-bond donors (Lipinski definition) is 2. The van der Waals surface area contributed by atoms with Gasteiger partial charge in [-0.15, -0.1) is 0 Å². The van der Waals surface area contributed by atoms with E-state index in [1.165, 1.54) is 21.3 Å². The summed E-state index contributed by atoms with van der Waals surface area (Å²) in [5, 5.41) is 25.5. The molecule has 0 radical (unpaired) electrons. The van der Waals surface area contributed by atoms with Crippen LogP contribution in [0.4, 0.5) is 4.39 Å². The van der Waals surface area contributed by atoms with Gasteiger partial charge in [0.25, 0.3) is 0 Å². The summed E-state index contributed by atoms with van der Waals surface area (Å²) in [4.78, 5) is 0. The first kappa shape index (κ1) is 18.8. The van der Waals surface area contributed by atoms with Crippen molar-refractivity contribution in [1.29, 1.82) is 0 Å². The third-order valence-electron chi connectivity index (χ3n) is 5.64. The Balaban J connectivity index is 1.47. The van der Waals surface area contributed by atoms with Crippen LogP contribution in [-0.2, 0) is 4.43 Å². The van der Waals surface area contributed by atoms with E-state index in [4.69, 9.17) is 0 Å². The second-order valence-electron chi connectivity index (χ2n) is 7.51. The number of aromatic hydroxyl groups is 1. The van der Waals surface area contributed by atoms with Gasteiger partial charge in [0.1, 0.15) is 0 Å². The summed E-state index contributed by atoms with van der Waals surface area (Å²) in [6.07, 6.45) is 6.85. The van der Waals surface area contributed by atoms with Crippen LogP contribution < -0.4 is 0 Å². The van der Waals surface area contributed by atoms with E-state index in [0.29, 0.717) is 0 Å². The first-order valence-corrected chi connectivity index (χ1v) is 13.6. The van der Waals surface area contributed by atoms with Crippen molar-refractivity contribution in [2.45, 2.75) is 33.7 Å². The molecule has 2 aliphatic rings. The van der Waals surface area contributed by atoms with Crippen LogP contribution >= 0.6 is 19.8 Å². The number of halogens is 2. The van der Waals surface area contributed by atoms with E-state index in [-0.39, 0.29) is 15.5 Å². The number of allylic oxidation sites excluding steroid dienone is 1. The molecule has 3 heterocycles. The minimum atomic E-state index is -1.61. The van der Waals surface area contributed by atoms with Gasteiger partial charge in [-0.3, -0.25) is 0 Å². The molecule has 2 atom stereocenters. The second-order valence-corrected chi connectivity index (χ2v) is 13.5. The van der Waals surface area contributed by atoms with Crippen molar-refractivity contribution in [1.82, 2.24) is 9.78 Å². The van der Waals surface area contributed by atoms with Gasteiger partial charge in [0.05, 0.1) is 0 Å². The molecular formula is C23H22FIN2O2. The predicted octanol–water partition coefficient (Wildman–Crippen LogP) is 5.36. The number of phenolic OH excluding ortho intramolecular Hbond substituents is 1. The summed E-state index contributed by atoms with van der Waals surface area (Å²) in [5.41, 5.74) is 3.98. The fraction of sp³-hybridized carbons (Fsp3) is 0.261. The summed E-state index contributed by atoms with van der Waals surface area (Å²) in [7, 11) is 0. The maximum atomic E-state index is 13.3. The van der Waals surface area contributed by atoms with Gasteiger partial charge in [0.2, 0.25) is 0 Å². The molecular weight excluding hydrogens is 482 g/mol. The van der Waals surface area contributed by atoms with E-state index >= 15 is 0 Å². The quantitative estimate of drug-likeness (QED) is 0.373. The average Bonchev–Trinajstić information content (AvgIpc) is 3.14. The number of aliphatic hydroxyl groups excluding tert-OH is 1. The van der Waals surface area contributed by atoms with Crippen molar-refractivity contribution in [3.63, 3.8) is 0 Å². The van der Waals surface area contributed by atoms with Crippen molar-refractivity contribution in [2.24, 2.45) is 0 Å². The number of nitrogens with zero attached hydrogens (tertiary/aromatic N) is 2. The first-order valence-electron chi connectivity index (χ1n) is 9.75. The molecule has 0 aliphatic carbocycles. The minimum absolute atomic E-state index is 0.198. The number of phenols is 1. The number of alkyl halides is 2. The molecule has 1 saturated heterocycles. The number of benzene rings is 2. The van der Waals surface area contributed by atoms with Crippen molar-refractivity contribution >= 4 is 25.9 Å². The van der Waals surface area contributed by atoms with E-state index in [1.807, 2.05) is 16.9 Å². The Morgan fingerprint density at radius 2 is 2.00 bits per heavy atom. The van der Waals surface area contributed by atoms with Crippen molar-refractivity contribution in [2.75, 3.05) is 0 Å². The molecule has 6 heteroatoms. The third-order valence-corrected chi connectivity index (χ3v) is 13.1. The van der Waals surface area contributed by atoms with Crippen LogP contribution in [0, 0.1) is 5.82 Å². The van der Waals surface area contributed by atoms with E-state index in [1.54, 1.807) is 30.3 Å². The fourth-order valence-corrected chi connectivity index (χ4v) is 11.9. The second kappa shape index (κ2) is 7.57. The van der Waals surface area contributed by atoms with Gasteiger partial charge in [0, 0.05) is 0 Å². The number of fused-ring (bicyclic) bond motifs is 2. The van der Waals surface area contributed by atoms with Gasteiger partial charge in [0.15, 0.2) is 0 Å².